The number of thiazole rings is 1. The predicted molar refractivity (Wildman–Crippen MR) is 108 cm³/mol. The largest absolute Gasteiger partial charge is 0.496 e. The number of anilines is 1. The Balaban J connectivity index is 1.56. The highest BCUT2D eigenvalue weighted by Crippen LogP contribution is 2.28. The van der Waals surface area contributed by atoms with Crippen molar-refractivity contribution in [1.82, 2.24) is 4.98 Å². The smallest absolute Gasteiger partial charge is 0.345 e. The van der Waals surface area contributed by atoms with Gasteiger partial charge in [-0.05, 0) is 24.3 Å². The highest BCUT2D eigenvalue weighted by Gasteiger charge is 2.11. The van der Waals surface area contributed by atoms with Crippen LogP contribution < -0.4 is 15.8 Å². The van der Waals surface area contributed by atoms with Crippen LogP contribution in [0.5, 0.6) is 5.75 Å². The number of benzene rings is 2. The van der Waals surface area contributed by atoms with Gasteiger partial charge >= 0.3 is 5.63 Å². The SMILES string of the molecule is COc1ccccc1/C=N/Nc1ncc(-c2cc3ccccc3oc2=O)s1. The molecule has 0 amide bonds. The zero-order valence-electron chi connectivity index (χ0n) is 14.4. The number of fused-ring (bicyclic) bond motifs is 1. The number of hydrogen-bond acceptors (Lipinski definition) is 7. The average Bonchev–Trinajstić information content (AvgIpc) is 3.16. The number of hydrogen-bond donors (Lipinski definition) is 1. The van der Waals surface area contributed by atoms with Crippen molar-refractivity contribution < 1.29 is 9.15 Å². The highest BCUT2D eigenvalue weighted by atomic mass is 32.1. The van der Waals surface area contributed by atoms with E-state index in [1.165, 1.54) is 11.3 Å². The fraction of sp³-hybridized carbons (Fsp3) is 0.0500. The molecule has 2 aromatic heterocycles. The molecule has 0 fully saturated rings. The topological polar surface area (TPSA) is 76.7 Å². The van der Waals surface area contributed by atoms with Gasteiger partial charge in [0, 0.05) is 17.1 Å². The van der Waals surface area contributed by atoms with E-state index >= 15 is 0 Å². The molecule has 2 heterocycles. The van der Waals surface area contributed by atoms with Crippen LogP contribution in [0.15, 0.2) is 75.1 Å². The van der Waals surface area contributed by atoms with E-state index in [2.05, 4.69) is 15.5 Å². The first-order valence-electron chi connectivity index (χ1n) is 8.16. The third-order valence-electron chi connectivity index (χ3n) is 3.92. The van der Waals surface area contributed by atoms with Gasteiger partial charge in [0.2, 0.25) is 5.13 Å². The van der Waals surface area contributed by atoms with Crippen LogP contribution in [0.1, 0.15) is 5.56 Å². The monoisotopic (exact) mass is 377 g/mol. The van der Waals surface area contributed by atoms with Crippen molar-refractivity contribution in [2.24, 2.45) is 5.10 Å². The Labute approximate surface area is 158 Å². The molecule has 0 aliphatic carbocycles. The van der Waals surface area contributed by atoms with E-state index < -0.39 is 0 Å². The second kappa shape index (κ2) is 7.43. The van der Waals surface area contributed by atoms with E-state index in [1.807, 2.05) is 48.5 Å². The highest BCUT2D eigenvalue weighted by molar-refractivity contribution is 7.18. The Morgan fingerprint density at radius 2 is 2.00 bits per heavy atom. The lowest BCUT2D eigenvalue weighted by molar-refractivity contribution is 0.414. The van der Waals surface area contributed by atoms with Crippen LogP contribution in [0, 0.1) is 0 Å². The van der Waals surface area contributed by atoms with Crippen molar-refractivity contribution in [2.45, 2.75) is 0 Å². The minimum Gasteiger partial charge on any atom is -0.496 e. The Hall–Kier alpha value is -3.45. The third-order valence-corrected chi connectivity index (χ3v) is 4.85. The fourth-order valence-electron chi connectivity index (χ4n) is 2.61. The van der Waals surface area contributed by atoms with Crippen molar-refractivity contribution in [3.63, 3.8) is 0 Å². The first-order valence-corrected chi connectivity index (χ1v) is 8.97. The van der Waals surface area contributed by atoms with Gasteiger partial charge in [-0.25, -0.2) is 9.78 Å². The molecule has 0 bridgehead atoms. The lowest BCUT2D eigenvalue weighted by atomic mass is 10.2. The number of para-hydroxylation sites is 2. The molecule has 0 atom stereocenters. The normalized spacial score (nSPS) is 11.1. The quantitative estimate of drug-likeness (QED) is 0.317. The van der Waals surface area contributed by atoms with E-state index in [-0.39, 0.29) is 5.63 Å². The first kappa shape index (κ1) is 17.0. The van der Waals surface area contributed by atoms with Crippen molar-refractivity contribution in [3.05, 3.63) is 76.8 Å². The molecule has 7 heteroatoms. The van der Waals surface area contributed by atoms with Crippen LogP contribution in [-0.4, -0.2) is 18.3 Å². The number of methoxy groups -OCH3 is 1. The van der Waals surface area contributed by atoms with Gasteiger partial charge < -0.3 is 9.15 Å². The molecule has 2 aromatic carbocycles. The van der Waals surface area contributed by atoms with E-state index in [1.54, 1.807) is 25.6 Å². The summed E-state index contributed by atoms with van der Waals surface area (Å²) in [6, 6.07) is 16.8. The fourth-order valence-corrected chi connectivity index (χ4v) is 3.38. The van der Waals surface area contributed by atoms with Gasteiger partial charge in [0.05, 0.1) is 23.8 Å². The Morgan fingerprint density at radius 3 is 2.89 bits per heavy atom. The summed E-state index contributed by atoms with van der Waals surface area (Å²) in [6.07, 6.45) is 3.29. The molecule has 134 valence electrons. The molecule has 6 nitrogen and oxygen atoms in total. The number of ether oxygens (including phenoxy) is 1. The van der Waals surface area contributed by atoms with Gasteiger partial charge in [0.25, 0.3) is 0 Å². The van der Waals surface area contributed by atoms with Crippen LogP contribution in [-0.2, 0) is 0 Å². The van der Waals surface area contributed by atoms with Gasteiger partial charge in [-0.2, -0.15) is 5.10 Å². The van der Waals surface area contributed by atoms with Crippen molar-refractivity contribution >= 4 is 33.7 Å². The predicted octanol–water partition coefficient (Wildman–Crippen LogP) is 4.37. The van der Waals surface area contributed by atoms with E-state index in [9.17, 15) is 4.79 Å². The average molecular weight is 377 g/mol. The Kier molecular flexibility index (Phi) is 4.67. The second-order valence-corrected chi connectivity index (χ2v) is 6.66. The molecule has 0 radical (unpaired) electrons. The summed E-state index contributed by atoms with van der Waals surface area (Å²) >= 11 is 1.33. The summed E-state index contributed by atoms with van der Waals surface area (Å²) in [5, 5.41) is 5.63. The standard InChI is InChI=1S/C20H15N3O3S/c1-25-16-8-4-3-7-14(16)11-22-23-20-21-12-18(27-20)15-10-13-6-2-5-9-17(13)26-19(15)24/h2-12H,1H3,(H,21,23)/b22-11+. The number of hydrazone groups is 1. The minimum absolute atomic E-state index is 0.388. The molecule has 4 aromatic rings. The summed E-state index contributed by atoms with van der Waals surface area (Å²) in [6.45, 7) is 0. The molecule has 0 spiro atoms. The van der Waals surface area contributed by atoms with Crippen LogP contribution in [0.25, 0.3) is 21.4 Å². The Bertz CT molecular complexity index is 1180. The lowest BCUT2D eigenvalue weighted by Crippen LogP contribution is -2.01. The van der Waals surface area contributed by atoms with E-state index in [4.69, 9.17) is 9.15 Å². The molecular weight excluding hydrogens is 362 g/mol. The van der Waals surface area contributed by atoms with Crippen LogP contribution in [0.2, 0.25) is 0 Å². The number of nitrogens with zero attached hydrogens (tertiary/aromatic N) is 2. The van der Waals surface area contributed by atoms with E-state index in [0.717, 1.165) is 16.7 Å². The minimum atomic E-state index is -0.388. The Morgan fingerprint density at radius 1 is 1.19 bits per heavy atom. The maximum absolute atomic E-state index is 12.3. The van der Waals surface area contributed by atoms with Crippen molar-refractivity contribution in [1.29, 1.82) is 0 Å². The molecule has 0 saturated carbocycles. The number of nitrogens with one attached hydrogen (secondary N) is 1. The number of aromatic nitrogens is 1. The van der Waals surface area contributed by atoms with Crippen molar-refractivity contribution in [3.8, 4) is 16.2 Å². The molecular formula is C20H15N3O3S. The van der Waals surface area contributed by atoms with Gasteiger partial charge in [-0.3, -0.25) is 5.43 Å². The molecule has 0 aliphatic heterocycles. The van der Waals surface area contributed by atoms with Crippen molar-refractivity contribution in [2.75, 3.05) is 12.5 Å². The van der Waals surface area contributed by atoms with Crippen LogP contribution in [0.4, 0.5) is 5.13 Å². The maximum Gasteiger partial charge on any atom is 0.345 e. The molecule has 1 N–H and O–H groups in total. The summed E-state index contributed by atoms with van der Waals surface area (Å²) in [4.78, 5) is 17.2. The van der Waals surface area contributed by atoms with E-state index in [0.29, 0.717) is 21.2 Å². The zero-order chi connectivity index (χ0) is 18.6. The lowest BCUT2D eigenvalue weighted by Gasteiger charge is -2.02. The second-order valence-electron chi connectivity index (χ2n) is 5.63. The molecule has 0 aliphatic rings. The van der Waals surface area contributed by atoms with Gasteiger partial charge in [0.1, 0.15) is 11.3 Å². The third kappa shape index (κ3) is 3.58. The van der Waals surface area contributed by atoms with Gasteiger partial charge in [-0.15, -0.1) is 0 Å². The zero-order valence-corrected chi connectivity index (χ0v) is 15.2. The first-order chi connectivity index (χ1) is 13.2. The summed E-state index contributed by atoms with van der Waals surface area (Å²) in [5.41, 5.74) is 4.38. The summed E-state index contributed by atoms with van der Waals surface area (Å²) in [5.74, 6) is 0.733. The summed E-state index contributed by atoms with van der Waals surface area (Å²) in [7, 11) is 1.61. The van der Waals surface area contributed by atoms with Gasteiger partial charge in [-0.1, -0.05) is 41.7 Å². The molecule has 0 saturated heterocycles. The van der Waals surface area contributed by atoms with Crippen LogP contribution in [0.3, 0.4) is 0 Å². The molecule has 4 rings (SSSR count). The van der Waals surface area contributed by atoms with Gasteiger partial charge in [0.15, 0.2) is 0 Å². The summed E-state index contributed by atoms with van der Waals surface area (Å²) < 4.78 is 10.7. The maximum atomic E-state index is 12.3. The number of rotatable bonds is 5. The molecule has 27 heavy (non-hydrogen) atoms. The molecule has 0 unspecified atom stereocenters. The van der Waals surface area contributed by atoms with Crippen LogP contribution >= 0.6 is 11.3 Å².